The largest absolute Gasteiger partial charge is 0.875 e. The van der Waals surface area contributed by atoms with Gasteiger partial charge in [-0.2, -0.15) is 0 Å². The van der Waals surface area contributed by atoms with Gasteiger partial charge in [0.05, 0.1) is 63.8 Å². The summed E-state index contributed by atoms with van der Waals surface area (Å²) in [5, 5.41) is 10.5. The van der Waals surface area contributed by atoms with Crippen molar-refractivity contribution in [2.24, 2.45) is 0 Å². The molecule has 0 radical (unpaired) electrons. The second kappa shape index (κ2) is 26.8. The lowest BCUT2D eigenvalue weighted by molar-refractivity contribution is -0.859. The minimum Gasteiger partial charge on any atom is -0.875 e. The van der Waals surface area contributed by atoms with E-state index in [1.54, 1.807) is 10.7 Å². The van der Waals surface area contributed by atoms with Crippen molar-refractivity contribution in [1.29, 1.82) is 0 Å². The molecular formula is C27H73N2O5PSSi5. The smallest absolute Gasteiger partial charge is 0.219 e. The van der Waals surface area contributed by atoms with Crippen molar-refractivity contribution in [3.05, 3.63) is 12.3 Å². The minimum absolute atomic E-state index is 0.0341. The first kappa shape index (κ1) is 51.0. The Morgan fingerprint density at radius 2 is 1.22 bits per heavy atom. The van der Waals surface area contributed by atoms with Gasteiger partial charge < -0.3 is 19.0 Å². The fourth-order valence-corrected chi connectivity index (χ4v) is 19.0. The van der Waals surface area contributed by atoms with Crippen molar-refractivity contribution in [1.82, 2.24) is 4.90 Å². The van der Waals surface area contributed by atoms with E-state index < -0.39 is 35.0 Å². The highest BCUT2D eigenvalue weighted by Gasteiger charge is 2.18. The van der Waals surface area contributed by atoms with Gasteiger partial charge >= 0.3 is 0 Å². The summed E-state index contributed by atoms with van der Waals surface area (Å²) < 4.78 is 30.9. The van der Waals surface area contributed by atoms with Crippen LogP contribution in [-0.2, 0) is 14.9 Å². The number of rotatable bonds is 11. The monoisotopic (exact) mass is 708 g/mol. The molecule has 252 valence electrons. The molecule has 0 spiro atoms. The van der Waals surface area contributed by atoms with E-state index in [-0.39, 0.29) is 50.0 Å². The van der Waals surface area contributed by atoms with Crippen LogP contribution in [0, 0.1) is 0 Å². The predicted molar refractivity (Wildman–Crippen MR) is 203 cm³/mol. The van der Waals surface area contributed by atoms with Gasteiger partial charge in [0.2, 0.25) is 5.91 Å². The van der Waals surface area contributed by atoms with E-state index in [4.69, 9.17) is 0 Å². The van der Waals surface area contributed by atoms with Crippen LogP contribution in [0.3, 0.4) is 0 Å². The van der Waals surface area contributed by atoms with E-state index in [2.05, 4.69) is 107 Å². The van der Waals surface area contributed by atoms with Crippen molar-refractivity contribution >= 4 is 67.3 Å². The number of carbonyl (C=O) groups is 1. The molecule has 0 saturated heterocycles. The molecule has 0 aliphatic rings. The Hall–Kier alpha value is 0.394. The second-order valence-corrected chi connectivity index (χ2v) is 39.0. The summed E-state index contributed by atoms with van der Waals surface area (Å²) >= 11 is 0. The van der Waals surface area contributed by atoms with Gasteiger partial charge in [0, 0.05) is 75.6 Å². The maximum atomic E-state index is 11.0. The molecule has 0 aromatic carbocycles. The Kier molecular flexibility index (Phi) is 33.3. The lowest BCUT2D eigenvalue weighted by Crippen LogP contribution is -2.41. The van der Waals surface area contributed by atoms with Crippen molar-refractivity contribution in [3.8, 4) is 0 Å². The molecule has 0 heterocycles. The van der Waals surface area contributed by atoms with Crippen LogP contribution in [0.1, 0.15) is 13.8 Å². The summed E-state index contributed by atoms with van der Waals surface area (Å²) in [5.74, 6) is 1.35. The maximum absolute atomic E-state index is 11.0. The SMILES string of the molecule is C=C([O-])CN(C[SiH](C)C)C(C)=O.CC[SiH](C)C.C[SiH](C)CS(=O)(=O)[O-].C[SiH](C)C[N+](C)(C)C.C[SiH](C)C[P+](C)(C)C. The quantitative estimate of drug-likeness (QED) is 0.108. The minimum atomic E-state index is -3.91. The third kappa shape index (κ3) is 68.9. The Morgan fingerprint density at radius 3 is 1.29 bits per heavy atom. The molecule has 0 aliphatic heterocycles. The molecule has 0 aromatic heterocycles. The Labute approximate surface area is 267 Å². The Balaban J connectivity index is -0.000000135. The van der Waals surface area contributed by atoms with Crippen molar-refractivity contribution in [2.75, 3.05) is 71.2 Å². The average Bonchev–Trinajstić information content (AvgIpc) is 2.62. The van der Waals surface area contributed by atoms with Gasteiger partial charge in [-0.15, -0.1) is 12.3 Å². The van der Waals surface area contributed by atoms with Gasteiger partial charge in [-0.05, 0) is 0 Å². The average molecular weight is 709 g/mol. The normalized spacial score (nSPS) is 11.5. The zero-order chi connectivity index (χ0) is 34.4. The first-order valence-corrected chi connectivity index (χ1v) is 35.6. The molecule has 0 bridgehead atoms. The molecular weight excluding hydrogens is 636 g/mol. The van der Waals surface area contributed by atoms with Crippen LogP contribution < -0.4 is 5.11 Å². The van der Waals surface area contributed by atoms with E-state index in [0.29, 0.717) is 0 Å². The van der Waals surface area contributed by atoms with E-state index >= 15 is 0 Å². The van der Waals surface area contributed by atoms with Gasteiger partial charge in [-0.1, -0.05) is 78.4 Å². The molecule has 0 fully saturated rings. The van der Waals surface area contributed by atoms with Crippen LogP contribution in [0.5, 0.6) is 0 Å². The summed E-state index contributed by atoms with van der Waals surface area (Å²) in [6.07, 6.45) is 2.16. The van der Waals surface area contributed by atoms with Gasteiger partial charge in [0.25, 0.3) is 0 Å². The zero-order valence-corrected chi connectivity index (χ0v) is 38.1. The number of amides is 1. The second-order valence-electron chi connectivity index (χ2n) is 15.0. The van der Waals surface area contributed by atoms with Crippen LogP contribution in [0.2, 0.25) is 71.5 Å². The number of hydrogen-bond donors (Lipinski definition) is 0. The summed E-state index contributed by atoms with van der Waals surface area (Å²) in [6.45, 7) is 36.8. The molecule has 0 N–H and O–H groups in total. The molecule has 0 atom stereocenters. The van der Waals surface area contributed by atoms with Gasteiger partial charge in [-0.3, -0.25) is 4.79 Å². The van der Waals surface area contributed by atoms with Crippen LogP contribution in [0.15, 0.2) is 12.3 Å². The Bertz CT molecular complexity index is 736. The number of hydrogen-bond acceptors (Lipinski definition) is 5. The molecule has 0 aliphatic carbocycles. The lowest BCUT2D eigenvalue weighted by atomic mass is 10.5. The van der Waals surface area contributed by atoms with E-state index in [0.717, 1.165) is 10.7 Å². The van der Waals surface area contributed by atoms with Gasteiger partial charge in [0.15, 0.2) is 0 Å². The van der Waals surface area contributed by atoms with E-state index in [1.807, 2.05) is 13.1 Å². The molecule has 7 nitrogen and oxygen atoms in total. The van der Waals surface area contributed by atoms with Crippen molar-refractivity contribution in [2.45, 2.75) is 85.4 Å². The number of carbonyl (C=O) groups excluding carboxylic acids is 1. The van der Waals surface area contributed by atoms with Crippen LogP contribution in [-0.4, -0.2) is 143 Å². The van der Waals surface area contributed by atoms with Gasteiger partial charge in [0.1, 0.15) is 0 Å². The predicted octanol–water partition coefficient (Wildman–Crippen LogP) is 3.42. The number of nitrogens with zero attached hydrogens (tertiary/aromatic N) is 2. The number of quaternary nitrogens is 1. The zero-order valence-electron chi connectivity index (χ0n) is 30.6. The fourth-order valence-electron chi connectivity index (χ4n) is 3.56. The third-order valence-electron chi connectivity index (χ3n) is 4.58. The van der Waals surface area contributed by atoms with Crippen molar-refractivity contribution < 1.29 is 27.4 Å². The fraction of sp³-hybridized carbons (Fsp3) is 0.889. The highest BCUT2D eigenvalue weighted by atomic mass is 32.2. The molecule has 0 rings (SSSR count). The van der Waals surface area contributed by atoms with E-state index in [9.17, 15) is 22.9 Å². The van der Waals surface area contributed by atoms with Crippen LogP contribution in [0.25, 0.3) is 0 Å². The lowest BCUT2D eigenvalue weighted by Gasteiger charge is -2.25. The summed E-state index contributed by atoms with van der Waals surface area (Å²) in [6, 6.07) is 1.44. The third-order valence-corrected chi connectivity index (χ3v) is 20.8. The molecule has 0 aromatic rings. The van der Waals surface area contributed by atoms with Crippen LogP contribution >= 0.6 is 7.26 Å². The first-order chi connectivity index (χ1) is 17.9. The van der Waals surface area contributed by atoms with Gasteiger partial charge in [-0.25, -0.2) is 8.42 Å². The molecule has 41 heavy (non-hydrogen) atoms. The van der Waals surface area contributed by atoms with E-state index in [1.165, 1.54) is 19.1 Å². The summed E-state index contributed by atoms with van der Waals surface area (Å²) in [4.78, 5) is 12.6. The standard InChI is InChI=1S/C8H17NO2Si.C6H18NSi.C6H18PSi.C4H12Si.C3H10O3SSi/c1-7(10)5-9(8(2)11)6-12(3)4;2*1-7(2,3)6-8(4)5;1-4-5(2)3;1-8(2)3-7(4,5)6/h10,12H,1,5-6H2,2-4H3;2*8H,6H2,1-5H3;5H,4H2,1-3H3;8H,3H2,1-2H3,(H,4,5,6)/q;2*+1;;/p-2. The molecule has 1 amide bonds. The Morgan fingerprint density at radius 1 is 0.829 bits per heavy atom. The molecule has 0 unspecified atom stereocenters. The highest BCUT2D eigenvalue weighted by Crippen LogP contribution is 2.46. The summed E-state index contributed by atoms with van der Waals surface area (Å²) in [5.41, 5.74) is 0. The van der Waals surface area contributed by atoms with Crippen LogP contribution in [0.4, 0.5) is 0 Å². The first-order valence-electron chi connectivity index (χ1n) is 15.1. The molecule has 14 heteroatoms. The van der Waals surface area contributed by atoms with Crippen molar-refractivity contribution in [3.63, 3.8) is 0 Å². The summed E-state index contributed by atoms with van der Waals surface area (Å²) in [7, 11) is -0.284. The maximum Gasteiger partial charge on any atom is 0.219 e. The highest BCUT2D eigenvalue weighted by molar-refractivity contribution is 7.87. The molecule has 0 saturated carbocycles. The topological polar surface area (TPSA) is 101 Å².